The average molecular weight is 408 g/mol. The smallest absolute Gasteiger partial charge is 0.206 e. The van der Waals surface area contributed by atoms with Crippen LogP contribution in [0.5, 0.6) is 0 Å². The van der Waals surface area contributed by atoms with E-state index in [9.17, 15) is 16.8 Å². The molecule has 0 spiro atoms. The van der Waals surface area contributed by atoms with Gasteiger partial charge in [-0.25, -0.2) is 16.8 Å². The van der Waals surface area contributed by atoms with E-state index in [-0.39, 0.29) is 11.7 Å². The maximum absolute atomic E-state index is 12.8. The highest BCUT2D eigenvalue weighted by molar-refractivity contribution is 7.91. The minimum atomic E-state index is -3.51. The lowest BCUT2D eigenvalue weighted by molar-refractivity contribution is 0.512. The van der Waals surface area contributed by atoms with E-state index < -0.39 is 19.7 Å². The van der Waals surface area contributed by atoms with Crippen LogP contribution >= 0.6 is 0 Å². The molecule has 0 heterocycles. The lowest BCUT2D eigenvalue weighted by Gasteiger charge is -2.26. The van der Waals surface area contributed by atoms with Gasteiger partial charge in [-0.3, -0.25) is 0 Å². The average Bonchev–Trinajstić information content (AvgIpc) is 2.65. The molecule has 1 unspecified atom stereocenters. The molecule has 0 bridgehead atoms. The fraction of sp³-hybridized carbons (Fsp3) is 0.400. The first-order valence-electron chi connectivity index (χ1n) is 9.09. The summed E-state index contributed by atoms with van der Waals surface area (Å²) in [5.74, 6) is 0.405. The number of nitrogens with one attached hydrogen (secondary N) is 1. The van der Waals surface area contributed by atoms with Crippen LogP contribution in [-0.4, -0.2) is 41.9 Å². The standard InChI is InChI=1S/C20H25NO4S2/c1-26(22,23)13-12-21-15-17-7-5-6-16-14-19(10-11-20(16)17)27(24,25)18-8-3-2-4-9-18/h2-4,8-11,14,17,21H,5-7,12-13,15H2,1H3. The summed E-state index contributed by atoms with van der Waals surface area (Å²) in [7, 11) is -6.47. The highest BCUT2D eigenvalue weighted by Gasteiger charge is 2.24. The molecule has 0 radical (unpaired) electrons. The first-order chi connectivity index (χ1) is 12.8. The van der Waals surface area contributed by atoms with Gasteiger partial charge >= 0.3 is 0 Å². The van der Waals surface area contributed by atoms with Gasteiger partial charge in [-0.05, 0) is 60.6 Å². The zero-order valence-electron chi connectivity index (χ0n) is 15.4. The second-order valence-electron chi connectivity index (χ2n) is 7.10. The molecular weight excluding hydrogens is 382 g/mol. The van der Waals surface area contributed by atoms with E-state index in [1.807, 2.05) is 6.07 Å². The topological polar surface area (TPSA) is 80.3 Å². The maximum Gasteiger partial charge on any atom is 0.206 e. The molecule has 2 aromatic rings. The van der Waals surface area contributed by atoms with Crippen LogP contribution in [0.2, 0.25) is 0 Å². The van der Waals surface area contributed by atoms with Gasteiger partial charge in [-0.15, -0.1) is 0 Å². The van der Waals surface area contributed by atoms with E-state index in [1.165, 1.54) is 11.8 Å². The molecular formula is C20H25NO4S2. The second-order valence-corrected chi connectivity index (χ2v) is 11.3. The highest BCUT2D eigenvalue weighted by Crippen LogP contribution is 2.33. The maximum atomic E-state index is 12.8. The van der Waals surface area contributed by atoms with Gasteiger partial charge < -0.3 is 5.32 Å². The molecule has 0 saturated carbocycles. The lowest BCUT2D eigenvalue weighted by atomic mass is 9.83. The minimum Gasteiger partial charge on any atom is -0.315 e. The molecule has 1 N–H and O–H groups in total. The van der Waals surface area contributed by atoms with Crippen molar-refractivity contribution in [3.8, 4) is 0 Å². The molecule has 2 aromatic carbocycles. The van der Waals surface area contributed by atoms with Crippen LogP contribution in [0, 0.1) is 0 Å². The Morgan fingerprint density at radius 1 is 1.00 bits per heavy atom. The Bertz CT molecular complexity index is 1000. The fourth-order valence-electron chi connectivity index (χ4n) is 3.54. The van der Waals surface area contributed by atoms with Crippen LogP contribution in [-0.2, 0) is 26.1 Å². The van der Waals surface area contributed by atoms with Crippen LogP contribution in [0.1, 0.15) is 29.9 Å². The van der Waals surface area contributed by atoms with Crippen LogP contribution in [0.15, 0.2) is 58.3 Å². The Labute approximate surface area is 161 Å². The van der Waals surface area contributed by atoms with Gasteiger partial charge in [0, 0.05) is 19.3 Å². The van der Waals surface area contributed by atoms with E-state index in [0.29, 0.717) is 22.9 Å². The van der Waals surface area contributed by atoms with Crippen molar-refractivity contribution in [2.24, 2.45) is 0 Å². The number of benzene rings is 2. The Morgan fingerprint density at radius 3 is 2.44 bits per heavy atom. The quantitative estimate of drug-likeness (QED) is 0.714. The van der Waals surface area contributed by atoms with Crippen molar-refractivity contribution in [1.82, 2.24) is 5.32 Å². The SMILES string of the molecule is CS(=O)(=O)CCNCC1CCCc2cc(S(=O)(=O)c3ccccc3)ccc21. The number of hydrogen-bond acceptors (Lipinski definition) is 5. The third-order valence-corrected chi connectivity index (χ3v) is 7.67. The van der Waals surface area contributed by atoms with Gasteiger partial charge in [0.25, 0.3) is 0 Å². The molecule has 0 fully saturated rings. The van der Waals surface area contributed by atoms with Gasteiger partial charge in [-0.1, -0.05) is 24.3 Å². The molecule has 1 atom stereocenters. The van der Waals surface area contributed by atoms with Crippen molar-refractivity contribution in [1.29, 1.82) is 0 Å². The second kappa shape index (κ2) is 8.12. The van der Waals surface area contributed by atoms with Gasteiger partial charge in [0.15, 0.2) is 0 Å². The van der Waals surface area contributed by atoms with Crippen LogP contribution in [0.25, 0.3) is 0 Å². The predicted octanol–water partition coefficient (Wildman–Crippen LogP) is 2.57. The monoisotopic (exact) mass is 407 g/mol. The molecule has 27 heavy (non-hydrogen) atoms. The molecule has 0 amide bonds. The third-order valence-electron chi connectivity index (χ3n) is 4.96. The molecule has 5 nitrogen and oxygen atoms in total. The Balaban J connectivity index is 1.77. The van der Waals surface area contributed by atoms with E-state index in [0.717, 1.165) is 24.8 Å². The van der Waals surface area contributed by atoms with Crippen molar-refractivity contribution in [3.63, 3.8) is 0 Å². The van der Waals surface area contributed by atoms with Crippen molar-refractivity contribution >= 4 is 19.7 Å². The van der Waals surface area contributed by atoms with Crippen LogP contribution < -0.4 is 5.32 Å². The summed E-state index contributed by atoms with van der Waals surface area (Å²) in [5.41, 5.74) is 2.24. The normalized spacial score (nSPS) is 17.4. The summed E-state index contributed by atoms with van der Waals surface area (Å²) < 4.78 is 48.1. The van der Waals surface area contributed by atoms with Gasteiger partial charge in [0.2, 0.25) is 9.84 Å². The first-order valence-corrected chi connectivity index (χ1v) is 12.6. The molecule has 0 aliphatic heterocycles. The summed E-state index contributed by atoms with van der Waals surface area (Å²) in [4.78, 5) is 0.637. The lowest BCUT2D eigenvalue weighted by Crippen LogP contribution is -2.28. The van der Waals surface area contributed by atoms with E-state index in [1.54, 1.807) is 42.5 Å². The number of aryl methyl sites for hydroxylation is 1. The van der Waals surface area contributed by atoms with Gasteiger partial charge in [0.1, 0.15) is 9.84 Å². The minimum absolute atomic E-state index is 0.126. The van der Waals surface area contributed by atoms with E-state index in [4.69, 9.17) is 0 Å². The van der Waals surface area contributed by atoms with Crippen molar-refractivity contribution in [2.75, 3.05) is 25.1 Å². The van der Waals surface area contributed by atoms with Gasteiger partial charge in [0.05, 0.1) is 15.5 Å². The molecule has 1 aliphatic carbocycles. The summed E-state index contributed by atoms with van der Waals surface area (Å²) in [6.07, 6.45) is 4.12. The number of sulfone groups is 2. The van der Waals surface area contributed by atoms with Crippen molar-refractivity contribution in [2.45, 2.75) is 35.0 Å². The molecule has 7 heteroatoms. The number of fused-ring (bicyclic) bond motifs is 1. The Morgan fingerprint density at radius 2 is 1.74 bits per heavy atom. The van der Waals surface area contributed by atoms with Crippen molar-refractivity contribution < 1.29 is 16.8 Å². The summed E-state index contributed by atoms with van der Waals surface area (Å²) in [6, 6.07) is 13.9. The van der Waals surface area contributed by atoms with Crippen LogP contribution in [0.3, 0.4) is 0 Å². The highest BCUT2D eigenvalue weighted by atomic mass is 32.2. The van der Waals surface area contributed by atoms with E-state index in [2.05, 4.69) is 5.32 Å². The molecule has 3 rings (SSSR count). The molecule has 0 aromatic heterocycles. The third kappa shape index (κ3) is 4.97. The zero-order valence-corrected chi connectivity index (χ0v) is 17.0. The summed E-state index contributed by atoms with van der Waals surface area (Å²) in [6.45, 7) is 1.14. The molecule has 0 saturated heterocycles. The first kappa shape index (κ1) is 20.0. The molecule has 146 valence electrons. The number of rotatable bonds is 7. The molecule has 1 aliphatic rings. The predicted molar refractivity (Wildman–Crippen MR) is 107 cm³/mol. The van der Waals surface area contributed by atoms with E-state index >= 15 is 0 Å². The van der Waals surface area contributed by atoms with Crippen LogP contribution in [0.4, 0.5) is 0 Å². The number of hydrogen-bond donors (Lipinski definition) is 1. The Kier molecular flexibility index (Phi) is 6.03. The summed E-state index contributed by atoms with van der Waals surface area (Å²) in [5, 5.41) is 3.23. The van der Waals surface area contributed by atoms with Crippen molar-refractivity contribution in [3.05, 3.63) is 59.7 Å². The zero-order chi connectivity index (χ0) is 19.5. The van der Waals surface area contributed by atoms with Gasteiger partial charge in [-0.2, -0.15) is 0 Å². The largest absolute Gasteiger partial charge is 0.315 e. The summed E-state index contributed by atoms with van der Waals surface area (Å²) >= 11 is 0. The Hall–Kier alpha value is -1.70. The fourth-order valence-corrected chi connectivity index (χ4v) is 5.39.